The molecule has 6 heterocycles. The highest BCUT2D eigenvalue weighted by Gasteiger charge is 2.34. The van der Waals surface area contributed by atoms with Gasteiger partial charge in [-0.05, 0) is 63.2 Å². The fourth-order valence-corrected chi connectivity index (χ4v) is 6.13. The Morgan fingerprint density at radius 1 is 1.04 bits per heavy atom. The Labute approximate surface area is 273 Å². The van der Waals surface area contributed by atoms with Crippen molar-refractivity contribution in [2.45, 2.75) is 20.3 Å². The van der Waals surface area contributed by atoms with Crippen molar-refractivity contribution in [3.8, 4) is 11.4 Å². The molecule has 2 fully saturated rings. The van der Waals surface area contributed by atoms with Crippen LogP contribution in [0.4, 0.5) is 17.3 Å². The van der Waals surface area contributed by atoms with E-state index in [2.05, 4.69) is 34.8 Å². The fourth-order valence-electron chi connectivity index (χ4n) is 6.13. The lowest BCUT2D eigenvalue weighted by Crippen LogP contribution is -2.51. The van der Waals surface area contributed by atoms with Crippen molar-refractivity contribution in [2.75, 3.05) is 67.9 Å². The number of hydrogen-bond acceptors (Lipinski definition) is 11. The van der Waals surface area contributed by atoms with Crippen LogP contribution in [0.3, 0.4) is 0 Å². The van der Waals surface area contributed by atoms with E-state index in [4.69, 9.17) is 11.1 Å². The second-order valence-electron chi connectivity index (χ2n) is 12.0. The van der Waals surface area contributed by atoms with Crippen molar-refractivity contribution in [1.82, 2.24) is 39.5 Å². The lowest BCUT2D eigenvalue weighted by Gasteiger charge is -2.36. The van der Waals surface area contributed by atoms with Crippen molar-refractivity contribution in [2.24, 2.45) is 13.0 Å². The molecule has 0 bridgehead atoms. The quantitative estimate of drug-likeness (QED) is 0.260. The molecule has 0 spiro atoms. The van der Waals surface area contributed by atoms with Crippen LogP contribution in [0.2, 0.25) is 0 Å². The number of aromatic nitrogens is 6. The molecule has 244 valence electrons. The number of hydrogen-bond donors (Lipinski definition) is 2. The van der Waals surface area contributed by atoms with Crippen LogP contribution in [-0.2, 0) is 16.6 Å². The van der Waals surface area contributed by atoms with Crippen LogP contribution in [0.15, 0.2) is 55.1 Å². The third kappa shape index (κ3) is 6.97. The number of carbonyl (C=O) groups is 2. The first-order valence-corrected chi connectivity index (χ1v) is 15.9. The second-order valence-corrected chi connectivity index (χ2v) is 12.0. The average molecular weight is 637 g/mol. The standard InChI is InChI=1S/C33H40N12O2/c1-4-45(28-8-6-26(34)31(39-28)30(35)23-9-11-36-22(2)17-23)33(47)25-10-12-42(19-25)20-29(46)44-15-13-43(14-16-44)27-7-5-24(18-37-27)32-38-21-41(3)40-32/h5-9,11,17-18,21,25,35H,4,10,12-16,19-20,34H2,1-3H3/t25-/m1/s1. The van der Waals surface area contributed by atoms with Gasteiger partial charge < -0.3 is 15.5 Å². The minimum atomic E-state index is -0.250. The number of nitrogens with one attached hydrogen (secondary N) is 1. The highest BCUT2D eigenvalue weighted by molar-refractivity contribution is 6.12. The second kappa shape index (κ2) is 13.6. The highest BCUT2D eigenvalue weighted by Crippen LogP contribution is 2.25. The normalized spacial score (nSPS) is 16.8. The summed E-state index contributed by atoms with van der Waals surface area (Å²) in [5.41, 5.74) is 9.40. The number of nitrogens with two attached hydrogens (primary N) is 1. The molecule has 4 aromatic heterocycles. The van der Waals surface area contributed by atoms with Crippen LogP contribution in [0.5, 0.6) is 0 Å². The molecule has 2 amide bonds. The molecule has 6 rings (SSSR count). The SMILES string of the molecule is CCN(C(=O)[C@@H]1CCN(CC(=O)N2CCN(c3ccc(-c4ncn(C)n4)cn3)CC2)C1)c1ccc(N)c(C(=N)c2ccnc(C)c2)n1. The van der Waals surface area contributed by atoms with Crippen LogP contribution in [-0.4, -0.2) is 109 Å². The number of likely N-dealkylation sites (tertiary alicyclic amines) is 1. The van der Waals surface area contributed by atoms with Gasteiger partial charge in [-0.25, -0.2) is 15.0 Å². The third-order valence-electron chi connectivity index (χ3n) is 8.74. The molecule has 2 saturated heterocycles. The van der Waals surface area contributed by atoms with Gasteiger partial charge in [0.2, 0.25) is 11.8 Å². The Balaban J connectivity index is 1.02. The molecule has 2 aliphatic heterocycles. The Morgan fingerprint density at radius 3 is 2.53 bits per heavy atom. The van der Waals surface area contributed by atoms with Crippen LogP contribution < -0.4 is 15.5 Å². The van der Waals surface area contributed by atoms with Crippen LogP contribution in [0, 0.1) is 18.3 Å². The Kier molecular flexibility index (Phi) is 9.20. The van der Waals surface area contributed by atoms with E-state index in [-0.39, 0.29) is 30.0 Å². The van der Waals surface area contributed by atoms with E-state index >= 15 is 0 Å². The predicted molar refractivity (Wildman–Crippen MR) is 179 cm³/mol. The van der Waals surface area contributed by atoms with Crippen molar-refractivity contribution >= 4 is 34.8 Å². The monoisotopic (exact) mass is 636 g/mol. The van der Waals surface area contributed by atoms with Gasteiger partial charge >= 0.3 is 0 Å². The van der Waals surface area contributed by atoms with E-state index in [0.29, 0.717) is 80.8 Å². The van der Waals surface area contributed by atoms with E-state index < -0.39 is 0 Å². The highest BCUT2D eigenvalue weighted by atomic mass is 16.2. The topological polar surface area (TPSA) is 166 Å². The number of anilines is 3. The average Bonchev–Trinajstić information content (AvgIpc) is 3.74. The smallest absolute Gasteiger partial charge is 0.236 e. The van der Waals surface area contributed by atoms with Gasteiger partial charge in [-0.1, -0.05) is 0 Å². The number of nitrogen functional groups attached to an aromatic ring is 1. The molecule has 2 aliphatic rings. The molecule has 0 aliphatic carbocycles. The zero-order valence-corrected chi connectivity index (χ0v) is 27.0. The van der Waals surface area contributed by atoms with Gasteiger partial charge in [0.1, 0.15) is 23.7 Å². The fraction of sp³-hybridized carbons (Fsp3) is 0.394. The summed E-state index contributed by atoms with van der Waals surface area (Å²) in [6, 6.07) is 10.9. The van der Waals surface area contributed by atoms with Gasteiger partial charge in [-0.2, -0.15) is 5.10 Å². The molecule has 0 aromatic carbocycles. The van der Waals surface area contributed by atoms with Gasteiger partial charge in [-0.15, -0.1) is 0 Å². The summed E-state index contributed by atoms with van der Waals surface area (Å²) >= 11 is 0. The zero-order chi connectivity index (χ0) is 33.1. The van der Waals surface area contributed by atoms with Gasteiger partial charge in [0, 0.05) is 75.5 Å². The molecule has 0 radical (unpaired) electrons. The summed E-state index contributed by atoms with van der Waals surface area (Å²) in [7, 11) is 1.83. The lowest BCUT2D eigenvalue weighted by molar-refractivity contribution is -0.132. The molecule has 0 saturated carbocycles. The summed E-state index contributed by atoms with van der Waals surface area (Å²) in [5, 5.41) is 13.0. The first-order valence-electron chi connectivity index (χ1n) is 15.9. The van der Waals surface area contributed by atoms with E-state index in [1.54, 1.807) is 46.5 Å². The summed E-state index contributed by atoms with van der Waals surface area (Å²) in [5.74, 6) is 1.75. The molecule has 14 heteroatoms. The molecule has 1 atom stereocenters. The van der Waals surface area contributed by atoms with Crippen molar-refractivity contribution in [3.05, 3.63) is 72.1 Å². The molecule has 0 unspecified atom stereocenters. The van der Waals surface area contributed by atoms with Crippen LogP contribution in [0.25, 0.3) is 11.4 Å². The third-order valence-corrected chi connectivity index (χ3v) is 8.74. The molecular weight excluding hydrogens is 596 g/mol. The molecule has 4 aromatic rings. The maximum Gasteiger partial charge on any atom is 0.236 e. The Hall–Kier alpha value is -5.24. The summed E-state index contributed by atoms with van der Waals surface area (Å²) in [6.07, 6.45) is 5.76. The Morgan fingerprint density at radius 2 is 1.85 bits per heavy atom. The molecular formula is C33H40N12O2. The maximum atomic E-state index is 13.7. The number of nitrogens with zero attached hydrogens (tertiary/aromatic N) is 10. The van der Waals surface area contributed by atoms with Gasteiger partial charge in [0.25, 0.3) is 0 Å². The van der Waals surface area contributed by atoms with Gasteiger partial charge in [0.15, 0.2) is 5.82 Å². The summed E-state index contributed by atoms with van der Waals surface area (Å²) in [4.78, 5) is 52.5. The number of piperazine rings is 1. The van der Waals surface area contributed by atoms with E-state index in [1.165, 1.54) is 0 Å². The van der Waals surface area contributed by atoms with Crippen molar-refractivity contribution < 1.29 is 9.59 Å². The predicted octanol–water partition coefficient (Wildman–Crippen LogP) is 2.00. The van der Waals surface area contributed by atoms with Gasteiger partial charge in [0.05, 0.1) is 23.9 Å². The Bertz CT molecular complexity index is 1760. The van der Waals surface area contributed by atoms with E-state index in [0.717, 1.165) is 17.1 Å². The van der Waals surface area contributed by atoms with E-state index in [9.17, 15) is 9.59 Å². The largest absolute Gasteiger partial charge is 0.397 e. The first-order chi connectivity index (χ1) is 22.7. The maximum absolute atomic E-state index is 13.7. The van der Waals surface area contributed by atoms with Gasteiger partial charge in [-0.3, -0.25) is 34.5 Å². The minimum absolute atomic E-state index is 0.0390. The van der Waals surface area contributed by atoms with Crippen LogP contribution >= 0.6 is 0 Å². The number of amides is 2. The molecule has 14 nitrogen and oxygen atoms in total. The summed E-state index contributed by atoms with van der Waals surface area (Å²) in [6.45, 7) is 8.28. The number of aryl methyl sites for hydroxylation is 2. The molecule has 3 N–H and O–H groups in total. The zero-order valence-electron chi connectivity index (χ0n) is 27.0. The first kappa shape index (κ1) is 31.7. The lowest BCUT2D eigenvalue weighted by atomic mass is 10.1. The summed E-state index contributed by atoms with van der Waals surface area (Å²) < 4.78 is 1.66. The van der Waals surface area contributed by atoms with E-state index in [1.807, 2.05) is 44.0 Å². The molecule has 47 heavy (non-hydrogen) atoms. The van der Waals surface area contributed by atoms with Crippen molar-refractivity contribution in [1.29, 1.82) is 5.41 Å². The minimum Gasteiger partial charge on any atom is -0.397 e. The number of carbonyl (C=O) groups excluding carboxylic acids is 2. The number of rotatable bonds is 9. The van der Waals surface area contributed by atoms with Crippen LogP contribution in [0.1, 0.15) is 30.3 Å². The van der Waals surface area contributed by atoms with Crippen molar-refractivity contribution in [3.63, 3.8) is 0 Å². The number of pyridine rings is 3.